The summed E-state index contributed by atoms with van der Waals surface area (Å²) in [4.78, 5) is 38.7. The van der Waals surface area contributed by atoms with Crippen molar-refractivity contribution in [2.24, 2.45) is 0 Å². The third-order valence-corrected chi connectivity index (χ3v) is 3.67. The number of aliphatic hydroxyl groups is 2. The molecule has 24 heavy (non-hydrogen) atoms. The fraction of sp³-hybridized carbons (Fsp3) is 0.667. The Labute approximate surface area is 137 Å². The van der Waals surface area contributed by atoms with Crippen molar-refractivity contribution < 1.29 is 24.5 Å². The maximum absolute atomic E-state index is 12.7. The second-order valence-electron chi connectivity index (χ2n) is 6.84. The second-order valence-corrected chi connectivity index (χ2v) is 6.84. The van der Waals surface area contributed by atoms with Gasteiger partial charge in [-0.1, -0.05) is 0 Å². The van der Waals surface area contributed by atoms with Crippen molar-refractivity contribution >= 4 is 5.97 Å². The molecule has 1 aliphatic rings. The van der Waals surface area contributed by atoms with Crippen LogP contribution in [0.15, 0.2) is 15.8 Å². The molecule has 3 N–H and O–H groups in total. The lowest BCUT2D eigenvalue weighted by Gasteiger charge is -2.32. The highest BCUT2D eigenvalue weighted by atomic mass is 16.6. The van der Waals surface area contributed by atoms with Gasteiger partial charge >= 0.3 is 11.7 Å². The maximum atomic E-state index is 12.7. The van der Waals surface area contributed by atoms with Gasteiger partial charge in [0.2, 0.25) is 0 Å². The number of nitrogens with zero attached hydrogens (tertiary/aromatic N) is 1. The highest BCUT2D eigenvalue weighted by Gasteiger charge is 2.55. The summed E-state index contributed by atoms with van der Waals surface area (Å²) in [6.07, 6.45) is -1.35. The highest BCUT2D eigenvalue weighted by Crippen LogP contribution is 2.36. The summed E-state index contributed by atoms with van der Waals surface area (Å²) < 4.78 is 11.8. The molecule has 2 rings (SSSR count). The molecule has 0 saturated carbocycles. The minimum absolute atomic E-state index is 0.183. The van der Waals surface area contributed by atoms with Crippen LogP contribution in [-0.4, -0.2) is 50.1 Å². The number of aryl methyl sites for hydroxylation is 1. The van der Waals surface area contributed by atoms with E-state index in [1.54, 1.807) is 20.8 Å². The number of carbonyl (C=O) groups excluding carboxylic acids is 1. The van der Waals surface area contributed by atoms with Crippen LogP contribution in [0.1, 0.15) is 32.8 Å². The molecule has 9 heteroatoms. The van der Waals surface area contributed by atoms with Gasteiger partial charge < -0.3 is 19.7 Å². The van der Waals surface area contributed by atoms with E-state index in [-0.39, 0.29) is 12.0 Å². The number of ether oxygens (including phenoxy) is 2. The van der Waals surface area contributed by atoms with Crippen molar-refractivity contribution in [3.8, 4) is 0 Å². The molecule has 0 spiro atoms. The lowest BCUT2D eigenvalue weighted by atomic mass is 10.1. The van der Waals surface area contributed by atoms with Gasteiger partial charge in [0.15, 0.2) is 0 Å². The highest BCUT2D eigenvalue weighted by molar-refractivity contribution is 5.78. The van der Waals surface area contributed by atoms with Crippen molar-refractivity contribution in [1.82, 2.24) is 9.55 Å². The third-order valence-electron chi connectivity index (χ3n) is 3.67. The minimum Gasteiger partial charge on any atom is -0.456 e. The summed E-state index contributed by atoms with van der Waals surface area (Å²) in [6, 6.07) is 0. The zero-order valence-corrected chi connectivity index (χ0v) is 14.0. The molecule has 0 bridgehead atoms. The zero-order chi connectivity index (χ0) is 18.3. The van der Waals surface area contributed by atoms with Crippen LogP contribution in [0.5, 0.6) is 0 Å². The number of aliphatic hydroxyl groups excluding tert-OH is 2. The molecular formula is C15H22N2O7. The summed E-state index contributed by atoms with van der Waals surface area (Å²) in [5, 5.41) is 19.4. The number of esters is 1. The molecule has 9 nitrogen and oxygen atoms in total. The van der Waals surface area contributed by atoms with E-state index in [4.69, 9.17) is 9.47 Å². The molecule has 1 aromatic heterocycles. The number of hydrogen-bond donors (Lipinski definition) is 3. The van der Waals surface area contributed by atoms with Crippen molar-refractivity contribution in [1.29, 1.82) is 0 Å². The number of H-pyrrole nitrogens is 1. The number of hydrogen-bond acceptors (Lipinski definition) is 7. The van der Waals surface area contributed by atoms with Gasteiger partial charge in [-0.3, -0.25) is 14.3 Å². The van der Waals surface area contributed by atoms with Gasteiger partial charge in [-0.25, -0.2) is 9.59 Å². The minimum atomic E-state index is -1.97. The molecule has 0 amide bonds. The Morgan fingerprint density at radius 3 is 2.62 bits per heavy atom. The Morgan fingerprint density at radius 2 is 2.12 bits per heavy atom. The van der Waals surface area contributed by atoms with Gasteiger partial charge in [-0.15, -0.1) is 0 Å². The van der Waals surface area contributed by atoms with Crippen molar-refractivity contribution in [2.75, 3.05) is 6.61 Å². The van der Waals surface area contributed by atoms with Gasteiger partial charge in [-0.05, 0) is 27.7 Å². The Hall–Kier alpha value is -1.97. The first-order valence-electron chi connectivity index (χ1n) is 7.53. The molecule has 3 atom stereocenters. The van der Waals surface area contributed by atoms with E-state index in [0.29, 0.717) is 0 Å². The summed E-state index contributed by atoms with van der Waals surface area (Å²) in [5.41, 5.74) is -4.11. The number of nitrogens with one attached hydrogen (secondary N) is 1. The van der Waals surface area contributed by atoms with Crippen molar-refractivity contribution in [3.63, 3.8) is 0 Å². The monoisotopic (exact) mass is 342 g/mol. The van der Waals surface area contributed by atoms with E-state index in [9.17, 15) is 24.6 Å². The Morgan fingerprint density at radius 1 is 1.50 bits per heavy atom. The average molecular weight is 342 g/mol. The fourth-order valence-corrected chi connectivity index (χ4v) is 2.53. The Bertz CT molecular complexity index is 745. The molecule has 1 aliphatic heterocycles. The number of rotatable bonds is 3. The van der Waals surface area contributed by atoms with E-state index < -0.39 is 47.4 Å². The average Bonchev–Trinajstić information content (AvgIpc) is 2.79. The van der Waals surface area contributed by atoms with Crippen LogP contribution in [-0.2, 0) is 20.0 Å². The van der Waals surface area contributed by atoms with E-state index in [0.717, 1.165) is 4.57 Å². The molecular weight excluding hydrogens is 320 g/mol. The number of aromatic amines is 1. The summed E-state index contributed by atoms with van der Waals surface area (Å²) >= 11 is 0. The quantitative estimate of drug-likeness (QED) is 0.599. The van der Waals surface area contributed by atoms with Crippen LogP contribution in [0, 0.1) is 6.92 Å². The molecule has 1 aromatic rings. The summed E-state index contributed by atoms with van der Waals surface area (Å²) in [7, 11) is 0. The smallest absolute Gasteiger partial charge is 0.361 e. The van der Waals surface area contributed by atoms with E-state index in [1.807, 2.05) is 0 Å². The molecule has 1 fully saturated rings. The first-order chi connectivity index (χ1) is 11.0. The van der Waals surface area contributed by atoms with E-state index in [1.165, 1.54) is 13.1 Å². The van der Waals surface area contributed by atoms with Crippen molar-refractivity contribution in [2.45, 2.75) is 57.6 Å². The summed E-state index contributed by atoms with van der Waals surface area (Å²) in [5.74, 6) is -0.890. The van der Waals surface area contributed by atoms with Gasteiger partial charge in [-0.2, -0.15) is 0 Å². The van der Waals surface area contributed by atoms with Crippen LogP contribution in [0.25, 0.3) is 0 Å². The van der Waals surface area contributed by atoms with Crippen LogP contribution in [0.4, 0.5) is 0 Å². The second kappa shape index (κ2) is 6.15. The van der Waals surface area contributed by atoms with E-state index >= 15 is 0 Å². The summed E-state index contributed by atoms with van der Waals surface area (Å²) in [6.45, 7) is 5.87. The molecule has 0 unspecified atom stereocenters. The molecule has 0 radical (unpaired) electrons. The molecule has 0 aromatic carbocycles. The van der Waals surface area contributed by atoms with Crippen LogP contribution in [0.2, 0.25) is 0 Å². The van der Waals surface area contributed by atoms with Crippen molar-refractivity contribution in [3.05, 3.63) is 32.6 Å². The van der Waals surface area contributed by atoms with E-state index in [2.05, 4.69) is 4.98 Å². The fourth-order valence-electron chi connectivity index (χ4n) is 2.53. The molecule has 0 aliphatic carbocycles. The lowest BCUT2D eigenvalue weighted by molar-refractivity contribution is -0.199. The number of aromatic nitrogens is 2. The van der Waals surface area contributed by atoms with Crippen LogP contribution < -0.4 is 11.2 Å². The first-order valence-corrected chi connectivity index (χ1v) is 7.53. The SMILES string of the molecule is Cc1cn([C@@]2(C(=O)OC(C)(C)C)C[C@H](O)[C@@H](CO)O2)c(=O)[nH]c1=O. The topological polar surface area (TPSA) is 131 Å². The standard InChI is InChI=1S/C15H22N2O7/c1-8-6-17(13(22)16-11(8)20)15(12(21)24-14(2,3)4)5-9(19)10(7-18)23-15/h6,9-10,18-19H,5,7H2,1-4H3,(H,16,20,22)/t9-,10+,15-/m0/s1. The molecule has 134 valence electrons. The van der Waals surface area contributed by atoms with Gasteiger partial charge in [0.25, 0.3) is 11.3 Å². The molecule has 1 saturated heterocycles. The predicted molar refractivity (Wildman–Crippen MR) is 82.5 cm³/mol. The Kier molecular flexibility index (Phi) is 4.71. The van der Waals surface area contributed by atoms with Crippen LogP contribution >= 0.6 is 0 Å². The largest absolute Gasteiger partial charge is 0.456 e. The number of carbonyl (C=O) groups is 1. The van der Waals surface area contributed by atoms with Crippen LogP contribution in [0.3, 0.4) is 0 Å². The molecule has 2 heterocycles. The lowest BCUT2D eigenvalue weighted by Crippen LogP contribution is -2.52. The van der Waals surface area contributed by atoms with Gasteiger partial charge in [0.1, 0.15) is 11.7 Å². The van der Waals surface area contributed by atoms with Gasteiger partial charge in [0.05, 0.1) is 12.7 Å². The predicted octanol–water partition coefficient (Wildman–Crippen LogP) is -1.02. The normalized spacial score (nSPS) is 27.2. The van der Waals surface area contributed by atoms with Gasteiger partial charge in [0, 0.05) is 18.2 Å². The first kappa shape index (κ1) is 18.4. The third kappa shape index (κ3) is 3.28. The Balaban J connectivity index is 2.61. The maximum Gasteiger partial charge on any atom is 0.361 e. The zero-order valence-electron chi connectivity index (χ0n) is 14.0.